The van der Waals surface area contributed by atoms with Crippen molar-refractivity contribution in [2.45, 2.75) is 6.43 Å². The van der Waals surface area contributed by atoms with Crippen molar-refractivity contribution in [1.82, 2.24) is 4.98 Å². The third-order valence-electron chi connectivity index (χ3n) is 0.899. The van der Waals surface area contributed by atoms with Gasteiger partial charge in [-0.3, -0.25) is 4.98 Å². The van der Waals surface area contributed by atoms with Crippen molar-refractivity contribution >= 4 is 0 Å². The number of aromatic nitrogens is 1. The predicted molar refractivity (Wildman–Crippen MR) is 28.0 cm³/mol. The Balaban J connectivity index is 2.85. The first kappa shape index (κ1) is 6.13. The molecule has 0 spiro atoms. The fourth-order valence-corrected chi connectivity index (χ4v) is 0.462. The van der Waals surface area contributed by atoms with Crippen LogP contribution in [-0.4, -0.2) is 4.98 Å². The maximum Gasteiger partial charge on any atom is 0.263 e. The van der Waals surface area contributed by atoms with E-state index in [0.717, 1.165) is 0 Å². The maximum absolute atomic E-state index is 11.7. The van der Waals surface area contributed by atoms with E-state index in [-0.39, 0.29) is 5.56 Å². The molecule has 3 heteroatoms. The van der Waals surface area contributed by atoms with Gasteiger partial charge < -0.3 is 0 Å². The molecule has 0 atom stereocenters. The van der Waals surface area contributed by atoms with Gasteiger partial charge >= 0.3 is 0 Å². The van der Waals surface area contributed by atoms with Crippen LogP contribution in [0.2, 0.25) is 0 Å². The van der Waals surface area contributed by atoms with Crippen LogP contribution >= 0.6 is 0 Å². The van der Waals surface area contributed by atoms with E-state index < -0.39 is 6.43 Å². The molecule has 0 unspecified atom stereocenters. The molecular weight excluding hydrogens is 124 g/mol. The number of halogens is 2. The summed E-state index contributed by atoms with van der Waals surface area (Å²) in [5, 5.41) is 0. The van der Waals surface area contributed by atoms with Crippen LogP contribution in [0.5, 0.6) is 0 Å². The van der Waals surface area contributed by atoms with Crippen LogP contribution in [0, 0.1) is 6.20 Å². The molecule has 47 valence electrons. The highest BCUT2D eigenvalue weighted by molar-refractivity contribution is 5.09. The van der Waals surface area contributed by atoms with E-state index in [1.807, 2.05) is 0 Å². The van der Waals surface area contributed by atoms with Crippen LogP contribution in [0.1, 0.15) is 12.0 Å². The van der Waals surface area contributed by atoms with Crippen LogP contribution in [-0.2, 0) is 0 Å². The molecule has 1 heterocycles. The molecule has 1 nitrogen and oxygen atoms in total. The fourth-order valence-electron chi connectivity index (χ4n) is 0.462. The Kier molecular flexibility index (Phi) is 1.72. The second-order valence-electron chi connectivity index (χ2n) is 1.52. The van der Waals surface area contributed by atoms with Gasteiger partial charge in [0, 0.05) is 11.8 Å². The second kappa shape index (κ2) is 2.53. The minimum absolute atomic E-state index is 0.0370. The summed E-state index contributed by atoms with van der Waals surface area (Å²) < 4.78 is 23.4. The highest BCUT2D eigenvalue weighted by atomic mass is 19.3. The molecule has 0 amide bonds. The lowest BCUT2D eigenvalue weighted by molar-refractivity contribution is 0.151. The lowest BCUT2D eigenvalue weighted by Crippen LogP contribution is -1.82. The third kappa shape index (κ3) is 1.45. The molecule has 0 aliphatic carbocycles. The average molecular weight is 128 g/mol. The Bertz CT molecular complexity index is 174. The van der Waals surface area contributed by atoms with Crippen LogP contribution in [0.4, 0.5) is 8.78 Å². The highest BCUT2D eigenvalue weighted by Gasteiger charge is 2.03. The molecule has 0 saturated heterocycles. The molecule has 0 saturated carbocycles. The lowest BCUT2D eigenvalue weighted by Gasteiger charge is -1.93. The van der Waals surface area contributed by atoms with Crippen LogP contribution in [0.25, 0.3) is 0 Å². The standard InChI is InChI=1S/C6H4F2N/c7-6(8)5-1-3-9-4-2-5/h1-3,6H. The van der Waals surface area contributed by atoms with Gasteiger partial charge in [0.25, 0.3) is 6.43 Å². The first-order valence-electron chi connectivity index (χ1n) is 2.41. The summed E-state index contributed by atoms with van der Waals surface area (Å²) in [5.41, 5.74) is -0.0370. The van der Waals surface area contributed by atoms with Gasteiger partial charge in [-0.25, -0.2) is 8.78 Å². The molecule has 0 aliphatic heterocycles. The van der Waals surface area contributed by atoms with E-state index in [1.54, 1.807) is 0 Å². The summed E-state index contributed by atoms with van der Waals surface area (Å²) in [6.07, 6.45) is 1.19. The summed E-state index contributed by atoms with van der Waals surface area (Å²) >= 11 is 0. The molecule has 0 aliphatic rings. The third-order valence-corrected chi connectivity index (χ3v) is 0.899. The highest BCUT2D eigenvalue weighted by Crippen LogP contribution is 2.15. The number of alkyl halides is 2. The van der Waals surface area contributed by atoms with Gasteiger partial charge in [-0.15, -0.1) is 0 Å². The van der Waals surface area contributed by atoms with Crippen LogP contribution in [0.3, 0.4) is 0 Å². The molecule has 9 heavy (non-hydrogen) atoms. The molecule has 0 aromatic carbocycles. The van der Waals surface area contributed by atoms with E-state index in [9.17, 15) is 8.78 Å². The van der Waals surface area contributed by atoms with Crippen LogP contribution < -0.4 is 0 Å². The van der Waals surface area contributed by atoms with Crippen molar-refractivity contribution in [3.63, 3.8) is 0 Å². The largest absolute Gasteiger partial charge is 0.263 e. The van der Waals surface area contributed by atoms with Crippen molar-refractivity contribution < 1.29 is 8.78 Å². The average Bonchev–Trinajstić information content (AvgIpc) is 1.90. The zero-order chi connectivity index (χ0) is 6.69. The summed E-state index contributed by atoms with van der Waals surface area (Å²) in [7, 11) is 0. The van der Waals surface area contributed by atoms with Crippen molar-refractivity contribution in [2.24, 2.45) is 0 Å². The molecule has 1 aromatic heterocycles. The molecule has 0 fully saturated rings. The second-order valence-corrected chi connectivity index (χ2v) is 1.52. The minimum atomic E-state index is -2.41. The smallest absolute Gasteiger partial charge is 0.255 e. The van der Waals surface area contributed by atoms with Gasteiger partial charge in [-0.2, -0.15) is 0 Å². The van der Waals surface area contributed by atoms with Gasteiger partial charge in [0.05, 0.1) is 6.20 Å². The SMILES string of the molecule is FC(F)c1c[c]ncc1. The van der Waals surface area contributed by atoms with E-state index in [2.05, 4.69) is 11.2 Å². The van der Waals surface area contributed by atoms with E-state index in [1.165, 1.54) is 18.3 Å². The first-order valence-corrected chi connectivity index (χ1v) is 2.41. The van der Waals surface area contributed by atoms with E-state index in [0.29, 0.717) is 0 Å². The zero-order valence-electron chi connectivity index (χ0n) is 4.51. The Morgan fingerprint density at radius 1 is 1.56 bits per heavy atom. The van der Waals surface area contributed by atoms with Gasteiger partial charge in [-0.05, 0) is 12.1 Å². The van der Waals surface area contributed by atoms with Gasteiger partial charge in [-0.1, -0.05) is 0 Å². The Labute approximate surface area is 51.3 Å². The van der Waals surface area contributed by atoms with Crippen molar-refractivity contribution in [1.29, 1.82) is 0 Å². The summed E-state index contributed by atoms with van der Waals surface area (Å²) in [6.45, 7) is 0. The zero-order valence-corrected chi connectivity index (χ0v) is 4.51. The van der Waals surface area contributed by atoms with Gasteiger partial charge in [0.1, 0.15) is 0 Å². The quantitative estimate of drug-likeness (QED) is 0.562. The Morgan fingerprint density at radius 2 is 2.33 bits per heavy atom. The monoisotopic (exact) mass is 128 g/mol. The fraction of sp³-hybridized carbons (Fsp3) is 0.167. The summed E-state index contributed by atoms with van der Waals surface area (Å²) in [4.78, 5) is 3.47. The van der Waals surface area contributed by atoms with Crippen LogP contribution in [0.15, 0.2) is 18.3 Å². The summed E-state index contributed by atoms with van der Waals surface area (Å²) in [6, 6.07) is 2.44. The molecule has 1 radical (unpaired) electrons. The molecule has 0 N–H and O–H groups in total. The normalized spacial score (nSPS) is 10.1. The molecule has 1 rings (SSSR count). The lowest BCUT2D eigenvalue weighted by atomic mass is 10.3. The number of hydrogen-bond donors (Lipinski definition) is 0. The van der Waals surface area contributed by atoms with Gasteiger partial charge in [0.15, 0.2) is 0 Å². The van der Waals surface area contributed by atoms with E-state index >= 15 is 0 Å². The summed E-state index contributed by atoms with van der Waals surface area (Å²) in [5.74, 6) is 0. The van der Waals surface area contributed by atoms with Crippen molar-refractivity contribution in [3.8, 4) is 0 Å². The molecular formula is C6H4F2N. The van der Waals surface area contributed by atoms with Gasteiger partial charge in [0.2, 0.25) is 0 Å². The number of rotatable bonds is 1. The molecule has 0 bridgehead atoms. The van der Waals surface area contributed by atoms with E-state index in [4.69, 9.17) is 0 Å². The number of nitrogens with zero attached hydrogens (tertiary/aromatic N) is 1. The minimum Gasteiger partial charge on any atom is -0.255 e. The number of pyridine rings is 1. The predicted octanol–water partition coefficient (Wildman–Crippen LogP) is 1.82. The first-order chi connectivity index (χ1) is 4.30. The van der Waals surface area contributed by atoms with Crippen molar-refractivity contribution in [3.05, 3.63) is 30.1 Å². The Hall–Kier alpha value is -0.990. The number of hydrogen-bond acceptors (Lipinski definition) is 1. The Morgan fingerprint density at radius 3 is 2.67 bits per heavy atom. The molecule has 1 aromatic rings. The topological polar surface area (TPSA) is 12.9 Å². The maximum atomic E-state index is 11.7. The van der Waals surface area contributed by atoms with Crippen molar-refractivity contribution in [2.75, 3.05) is 0 Å².